The quantitative estimate of drug-likeness (QED) is 0.588. The number of anilines is 1. The topological polar surface area (TPSA) is 87.2 Å². The normalized spacial score (nSPS) is 20.3. The molecule has 2 aromatic rings. The average molecular weight is 458 g/mol. The van der Waals surface area contributed by atoms with Crippen LogP contribution < -0.4 is 4.90 Å². The lowest BCUT2D eigenvalue weighted by Gasteiger charge is -2.31. The van der Waals surface area contributed by atoms with E-state index >= 15 is 0 Å². The van der Waals surface area contributed by atoms with Crippen LogP contribution in [0.15, 0.2) is 59.5 Å². The number of sulfonamides is 1. The highest BCUT2D eigenvalue weighted by molar-refractivity contribution is 7.89. The van der Waals surface area contributed by atoms with Crippen molar-refractivity contribution in [2.75, 3.05) is 44.3 Å². The molecule has 9 heteroatoms. The van der Waals surface area contributed by atoms with Crippen LogP contribution in [0.5, 0.6) is 0 Å². The second-order valence-electron chi connectivity index (χ2n) is 8.01. The van der Waals surface area contributed by atoms with Crippen molar-refractivity contribution in [3.8, 4) is 0 Å². The molecule has 32 heavy (non-hydrogen) atoms. The molecule has 8 nitrogen and oxygen atoms in total. The highest BCUT2D eigenvalue weighted by Gasteiger charge is 2.46. The van der Waals surface area contributed by atoms with Gasteiger partial charge in [0.25, 0.3) is 5.91 Å². The molecule has 1 unspecified atom stereocenters. The van der Waals surface area contributed by atoms with Crippen molar-refractivity contribution >= 4 is 27.5 Å². The van der Waals surface area contributed by atoms with Gasteiger partial charge in [-0.15, -0.1) is 0 Å². The molecule has 0 aromatic heterocycles. The van der Waals surface area contributed by atoms with Crippen LogP contribution >= 0.6 is 0 Å². The maximum Gasteiger partial charge on any atom is 0.252 e. The zero-order chi connectivity index (χ0) is 22.7. The van der Waals surface area contributed by atoms with Gasteiger partial charge in [0.2, 0.25) is 15.9 Å². The molecular formula is C23H27N3O5S. The summed E-state index contributed by atoms with van der Waals surface area (Å²) in [6.07, 6.45) is -0.179. The summed E-state index contributed by atoms with van der Waals surface area (Å²) in [6.45, 7) is 5.07. The number of morpholine rings is 1. The molecule has 2 amide bonds. The van der Waals surface area contributed by atoms with Crippen LogP contribution in [0.2, 0.25) is 0 Å². The van der Waals surface area contributed by atoms with Crippen LogP contribution in [0, 0.1) is 6.92 Å². The van der Waals surface area contributed by atoms with Crippen molar-refractivity contribution in [2.24, 2.45) is 0 Å². The van der Waals surface area contributed by atoms with Gasteiger partial charge in [0.15, 0.2) is 0 Å². The van der Waals surface area contributed by atoms with Crippen LogP contribution in [0.25, 0.3) is 0 Å². The van der Waals surface area contributed by atoms with Gasteiger partial charge < -0.3 is 4.74 Å². The van der Waals surface area contributed by atoms with Gasteiger partial charge >= 0.3 is 0 Å². The van der Waals surface area contributed by atoms with E-state index in [1.807, 2.05) is 19.1 Å². The summed E-state index contributed by atoms with van der Waals surface area (Å²) in [5.41, 5.74) is 1.46. The second kappa shape index (κ2) is 9.50. The van der Waals surface area contributed by atoms with E-state index in [4.69, 9.17) is 4.74 Å². The summed E-state index contributed by atoms with van der Waals surface area (Å²) in [6, 6.07) is 14.0. The van der Waals surface area contributed by atoms with Crippen molar-refractivity contribution in [1.82, 2.24) is 9.21 Å². The molecule has 2 aliphatic rings. The SMILES string of the molecule is Cc1ccc(N2C(=O)CC(N(CCN3CCOCC3)S(=O)(=O)c3ccccc3)C2=O)cc1. The third-order valence-electron chi connectivity index (χ3n) is 5.85. The number of rotatable bonds is 7. The second-order valence-corrected chi connectivity index (χ2v) is 9.90. The van der Waals surface area contributed by atoms with E-state index in [9.17, 15) is 18.0 Å². The molecule has 4 rings (SSSR count). The number of aryl methyl sites for hydroxylation is 1. The Labute approximate surface area is 188 Å². The van der Waals surface area contributed by atoms with E-state index in [0.29, 0.717) is 38.5 Å². The molecule has 2 fully saturated rings. The minimum absolute atomic E-state index is 0.107. The lowest BCUT2D eigenvalue weighted by atomic mass is 10.2. The van der Waals surface area contributed by atoms with E-state index in [-0.39, 0.29) is 17.9 Å². The van der Waals surface area contributed by atoms with Gasteiger partial charge in [0, 0.05) is 26.2 Å². The first-order chi connectivity index (χ1) is 15.4. The van der Waals surface area contributed by atoms with Crippen LogP contribution in [0.3, 0.4) is 0 Å². The smallest absolute Gasteiger partial charge is 0.252 e. The molecule has 1 atom stereocenters. The van der Waals surface area contributed by atoms with Gasteiger partial charge in [-0.05, 0) is 31.2 Å². The minimum atomic E-state index is -3.98. The molecule has 0 radical (unpaired) electrons. The van der Waals surface area contributed by atoms with Crippen LogP contribution in [0.1, 0.15) is 12.0 Å². The Morgan fingerprint density at radius 3 is 2.31 bits per heavy atom. The van der Waals surface area contributed by atoms with Gasteiger partial charge in [-0.3, -0.25) is 14.5 Å². The molecule has 0 aliphatic carbocycles. The zero-order valence-electron chi connectivity index (χ0n) is 18.0. The fourth-order valence-corrected chi connectivity index (χ4v) is 5.64. The molecule has 0 saturated carbocycles. The number of benzene rings is 2. The Morgan fingerprint density at radius 1 is 1.00 bits per heavy atom. The van der Waals surface area contributed by atoms with Gasteiger partial charge in [-0.1, -0.05) is 35.9 Å². The van der Waals surface area contributed by atoms with Gasteiger partial charge in [0.05, 0.1) is 30.2 Å². The summed E-state index contributed by atoms with van der Waals surface area (Å²) in [5.74, 6) is -0.913. The van der Waals surface area contributed by atoms with Crippen molar-refractivity contribution in [2.45, 2.75) is 24.3 Å². The molecule has 170 valence electrons. The van der Waals surface area contributed by atoms with E-state index in [0.717, 1.165) is 10.5 Å². The van der Waals surface area contributed by atoms with Crippen molar-refractivity contribution < 1.29 is 22.7 Å². The van der Waals surface area contributed by atoms with E-state index in [1.54, 1.807) is 30.3 Å². The number of carbonyl (C=O) groups is 2. The monoisotopic (exact) mass is 457 g/mol. The molecule has 2 aliphatic heterocycles. The zero-order valence-corrected chi connectivity index (χ0v) is 18.8. The fraction of sp³-hybridized carbons (Fsp3) is 0.391. The number of hydrogen-bond donors (Lipinski definition) is 0. The molecule has 2 saturated heterocycles. The predicted octanol–water partition coefficient (Wildman–Crippen LogP) is 1.65. The van der Waals surface area contributed by atoms with Crippen molar-refractivity contribution in [1.29, 1.82) is 0 Å². The maximum atomic E-state index is 13.5. The van der Waals surface area contributed by atoms with E-state index in [2.05, 4.69) is 4.90 Å². The summed E-state index contributed by atoms with van der Waals surface area (Å²) < 4.78 is 33.6. The van der Waals surface area contributed by atoms with Crippen molar-refractivity contribution in [3.05, 3.63) is 60.2 Å². The summed E-state index contributed by atoms with van der Waals surface area (Å²) in [5, 5.41) is 0. The Kier molecular flexibility index (Phi) is 6.71. The summed E-state index contributed by atoms with van der Waals surface area (Å²) in [7, 11) is -3.98. The first kappa shape index (κ1) is 22.6. The Balaban J connectivity index is 1.63. The lowest BCUT2D eigenvalue weighted by molar-refractivity contribution is -0.122. The Bertz CT molecular complexity index is 1070. The first-order valence-corrected chi connectivity index (χ1v) is 12.1. The summed E-state index contributed by atoms with van der Waals surface area (Å²) >= 11 is 0. The lowest BCUT2D eigenvalue weighted by Crippen LogP contribution is -2.49. The van der Waals surface area contributed by atoms with Crippen LogP contribution in [-0.4, -0.2) is 74.9 Å². The summed E-state index contributed by atoms with van der Waals surface area (Å²) in [4.78, 5) is 29.5. The Hall–Kier alpha value is -2.59. The van der Waals surface area contributed by atoms with Crippen molar-refractivity contribution in [3.63, 3.8) is 0 Å². The third kappa shape index (κ3) is 4.61. The molecule has 0 N–H and O–H groups in total. The third-order valence-corrected chi connectivity index (χ3v) is 7.78. The maximum absolute atomic E-state index is 13.5. The molecule has 0 spiro atoms. The molecule has 2 aromatic carbocycles. The minimum Gasteiger partial charge on any atom is -0.379 e. The largest absolute Gasteiger partial charge is 0.379 e. The number of nitrogens with zero attached hydrogens (tertiary/aromatic N) is 3. The van der Waals surface area contributed by atoms with Crippen LogP contribution in [-0.2, 0) is 24.3 Å². The Morgan fingerprint density at radius 2 is 1.66 bits per heavy atom. The molecule has 0 bridgehead atoms. The predicted molar refractivity (Wildman–Crippen MR) is 120 cm³/mol. The number of hydrogen-bond acceptors (Lipinski definition) is 6. The number of carbonyl (C=O) groups excluding carboxylic acids is 2. The first-order valence-electron chi connectivity index (χ1n) is 10.7. The number of imide groups is 1. The highest BCUT2D eigenvalue weighted by atomic mass is 32.2. The van der Waals surface area contributed by atoms with Gasteiger partial charge in [-0.2, -0.15) is 4.31 Å². The number of amides is 2. The molecule has 2 heterocycles. The van der Waals surface area contributed by atoms with Crippen LogP contribution in [0.4, 0.5) is 5.69 Å². The average Bonchev–Trinajstić information content (AvgIpc) is 3.09. The van der Waals surface area contributed by atoms with E-state index in [1.165, 1.54) is 16.4 Å². The van der Waals surface area contributed by atoms with Gasteiger partial charge in [0.1, 0.15) is 6.04 Å². The highest BCUT2D eigenvalue weighted by Crippen LogP contribution is 2.29. The van der Waals surface area contributed by atoms with Gasteiger partial charge in [-0.25, -0.2) is 13.3 Å². The standard InChI is InChI=1S/C23H27N3O5S/c1-18-7-9-19(10-8-18)26-22(27)17-21(23(26)28)25(12-11-24-13-15-31-16-14-24)32(29,30)20-5-3-2-4-6-20/h2-10,21H,11-17H2,1H3. The van der Waals surface area contributed by atoms with E-state index < -0.39 is 27.9 Å². The fourth-order valence-electron chi connectivity index (χ4n) is 4.04. The number of ether oxygens (including phenoxy) is 1. The molecular weight excluding hydrogens is 430 g/mol.